The summed E-state index contributed by atoms with van der Waals surface area (Å²) in [6, 6.07) is 24.5. The van der Waals surface area contributed by atoms with Gasteiger partial charge >= 0.3 is 0 Å². The number of carbonyl (C=O) groups excluding carboxylic acids is 1. The smallest absolute Gasteiger partial charge is 0.168 e. The van der Waals surface area contributed by atoms with E-state index in [1.807, 2.05) is 53.2 Å². The molecule has 1 aromatic heterocycles. The van der Waals surface area contributed by atoms with Gasteiger partial charge in [0.05, 0.1) is 16.9 Å². The third-order valence-electron chi connectivity index (χ3n) is 5.35. The van der Waals surface area contributed by atoms with E-state index in [0.717, 1.165) is 34.4 Å². The highest BCUT2D eigenvalue weighted by atomic mass is 16.1. The van der Waals surface area contributed by atoms with Crippen LogP contribution in [0.3, 0.4) is 0 Å². The zero-order valence-corrected chi connectivity index (χ0v) is 15.7. The van der Waals surface area contributed by atoms with E-state index < -0.39 is 0 Å². The standard InChI is InChI=1S/C24H21N3O/c1-16-13-21-23(22(28)14-16)24(26-27(21)20-9-3-2-4-10-20)25-19-12-11-17-7-5-6-8-18(17)15-19/h2-12,15-16H,13-14H2,1H3,(H,25,26). The van der Waals surface area contributed by atoms with Crippen molar-refractivity contribution < 1.29 is 4.79 Å². The monoisotopic (exact) mass is 367 g/mol. The average molecular weight is 367 g/mol. The van der Waals surface area contributed by atoms with Crippen LogP contribution in [0.15, 0.2) is 72.8 Å². The maximum absolute atomic E-state index is 12.9. The number of nitrogens with one attached hydrogen (secondary N) is 1. The van der Waals surface area contributed by atoms with Crippen molar-refractivity contribution in [1.29, 1.82) is 0 Å². The van der Waals surface area contributed by atoms with Gasteiger partial charge in [0, 0.05) is 12.1 Å². The second-order valence-electron chi connectivity index (χ2n) is 7.54. The SMILES string of the molecule is CC1CC(=O)c2c(Nc3ccc4ccccc4c3)nn(-c3ccccc3)c2C1. The molecule has 1 aliphatic rings. The number of para-hydroxylation sites is 1. The third kappa shape index (κ3) is 2.87. The van der Waals surface area contributed by atoms with E-state index >= 15 is 0 Å². The molecule has 1 aliphatic carbocycles. The van der Waals surface area contributed by atoms with E-state index in [4.69, 9.17) is 5.10 Å². The van der Waals surface area contributed by atoms with Crippen LogP contribution in [-0.2, 0) is 6.42 Å². The lowest BCUT2D eigenvalue weighted by Gasteiger charge is -2.19. The lowest BCUT2D eigenvalue weighted by atomic mass is 9.87. The van der Waals surface area contributed by atoms with Crippen molar-refractivity contribution in [3.8, 4) is 5.69 Å². The van der Waals surface area contributed by atoms with Crippen molar-refractivity contribution in [2.24, 2.45) is 5.92 Å². The molecule has 0 bridgehead atoms. The number of Topliss-reactive ketones (excluding diaryl/α,β-unsaturated/α-hetero) is 1. The first-order chi connectivity index (χ1) is 13.7. The summed E-state index contributed by atoms with van der Waals surface area (Å²) in [6.07, 6.45) is 1.42. The Bertz CT molecular complexity index is 1180. The number of hydrogen-bond acceptors (Lipinski definition) is 3. The van der Waals surface area contributed by atoms with E-state index in [9.17, 15) is 4.79 Å². The summed E-state index contributed by atoms with van der Waals surface area (Å²) in [5.41, 5.74) is 3.64. The molecule has 0 radical (unpaired) electrons. The maximum atomic E-state index is 12.9. The molecule has 1 heterocycles. The minimum atomic E-state index is 0.166. The molecule has 0 aliphatic heterocycles. The van der Waals surface area contributed by atoms with Crippen molar-refractivity contribution in [2.75, 3.05) is 5.32 Å². The predicted molar refractivity (Wildman–Crippen MR) is 113 cm³/mol. The fourth-order valence-corrected chi connectivity index (χ4v) is 4.03. The molecule has 4 nitrogen and oxygen atoms in total. The summed E-state index contributed by atoms with van der Waals surface area (Å²) < 4.78 is 1.92. The first-order valence-corrected chi connectivity index (χ1v) is 9.65. The van der Waals surface area contributed by atoms with Crippen LogP contribution in [0.2, 0.25) is 0 Å². The summed E-state index contributed by atoms with van der Waals surface area (Å²) in [4.78, 5) is 12.9. The molecule has 0 saturated heterocycles. The van der Waals surface area contributed by atoms with E-state index in [1.54, 1.807) is 0 Å². The highest BCUT2D eigenvalue weighted by molar-refractivity contribution is 6.03. The van der Waals surface area contributed by atoms with Crippen molar-refractivity contribution >= 4 is 28.1 Å². The first-order valence-electron chi connectivity index (χ1n) is 9.65. The Balaban J connectivity index is 1.61. The molecule has 138 valence electrons. The second-order valence-corrected chi connectivity index (χ2v) is 7.54. The summed E-state index contributed by atoms with van der Waals surface area (Å²) in [6.45, 7) is 2.12. The maximum Gasteiger partial charge on any atom is 0.168 e. The zero-order chi connectivity index (χ0) is 19.1. The van der Waals surface area contributed by atoms with Crippen LogP contribution in [0.4, 0.5) is 11.5 Å². The van der Waals surface area contributed by atoms with Gasteiger partial charge in [-0.2, -0.15) is 0 Å². The molecule has 3 aromatic carbocycles. The zero-order valence-electron chi connectivity index (χ0n) is 15.7. The third-order valence-corrected chi connectivity index (χ3v) is 5.35. The van der Waals surface area contributed by atoms with Gasteiger partial charge in [-0.1, -0.05) is 55.5 Å². The van der Waals surface area contributed by atoms with E-state index in [-0.39, 0.29) is 5.78 Å². The van der Waals surface area contributed by atoms with E-state index in [0.29, 0.717) is 18.2 Å². The number of hydrogen-bond donors (Lipinski definition) is 1. The number of fused-ring (bicyclic) bond motifs is 2. The van der Waals surface area contributed by atoms with Crippen molar-refractivity contribution in [1.82, 2.24) is 9.78 Å². The fraction of sp³-hybridized carbons (Fsp3) is 0.167. The predicted octanol–water partition coefficient (Wildman–Crippen LogP) is 5.53. The molecular formula is C24H21N3O. The fourth-order valence-electron chi connectivity index (χ4n) is 4.03. The van der Waals surface area contributed by atoms with Gasteiger partial charge in [-0.3, -0.25) is 4.79 Å². The van der Waals surface area contributed by atoms with Gasteiger partial charge < -0.3 is 5.32 Å². The van der Waals surface area contributed by atoms with E-state index in [2.05, 4.69) is 36.5 Å². The molecule has 1 N–H and O–H groups in total. The minimum absolute atomic E-state index is 0.166. The Morgan fingerprint density at radius 1 is 0.929 bits per heavy atom. The summed E-state index contributed by atoms with van der Waals surface area (Å²) in [5, 5.41) is 10.6. The molecule has 4 heteroatoms. The van der Waals surface area contributed by atoms with Crippen molar-refractivity contribution in [3.63, 3.8) is 0 Å². The number of ketones is 1. The Kier molecular flexibility index (Phi) is 3.97. The molecular weight excluding hydrogens is 346 g/mol. The molecule has 0 spiro atoms. The van der Waals surface area contributed by atoms with Gasteiger partial charge in [0.25, 0.3) is 0 Å². The van der Waals surface area contributed by atoms with E-state index in [1.165, 1.54) is 5.39 Å². The minimum Gasteiger partial charge on any atom is -0.338 e. The Morgan fingerprint density at radius 3 is 2.50 bits per heavy atom. The number of anilines is 2. The average Bonchev–Trinajstić information content (AvgIpc) is 3.07. The number of rotatable bonds is 3. The van der Waals surface area contributed by atoms with Crippen molar-refractivity contribution in [3.05, 3.63) is 84.1 Å². The molecule has 5 rings (SSSR count). The summed E-state index contributed by atoms with van der Waals surface area (Å²) in [5.74, 6) is 1.14. The quantitative estimate of drug-likeness (QED) is 0.517. The molecule has 1 atom stereocenters. The number of carbonyl (C=O) groups is 1. The number of aromatic nitrogens is 2. The van der Waals surface area contributed by atoms with Gasteiger partial charge in [0.1, 0.15) is 0 Å². The molecule has 0 saturated carbocycles. The highest BCUT2D eigenvalue weighted by Crippen LogP contribution is 2.34. The summed E-state index contributed by atoms with van der Waals surface area (Å²) >= 11 is 0. The Morgan fingerprint density at radius 2 is 1.68 bits per heavy atom. The lowest BCUT2D eigenvalue weighted by Crippen LogP contribution is -2.19. The topological polar surface area (TPSA) is 46.9 Å². The van der Waals surface area contributed by atoms with Crippen LogP contribution >= 0.6 is 0 Å². The van der Waals surface area contributed by atoms with Crippen LogP contribution in [0, 0.1) is 5.92 Å². The van der Waals surface area contributed by atoms with Crippen LogP contribution in [0.5, 0.6) is 0 Å². The number of nitrogens with zero attached hydrogens (tertiary/aromatic N) is 2. The van der Waals surface area contributed by atoms with Gasteiger partial charge in [0.2, 0.25) is 0 Å². The van der Waals surface area contributed by atoms with Crippen molar-refractivity contribution in [2.45, 2.75) is 19.8 Å². The van der Waals surface area contributed by atoms with Crippen LogP contribution < -0.4 is 5.32 Å². The molecule has 0 amide bonds. The molecule has 4 aromatic rings. The van der Waals surface area contributed by atoms with Gasteiger partial charge in [-0.15, -0.1) is 5.10 Å². The van der Waals surface area contributed by atoms with Crippen LogP contribution in [0.1, 0.15) is 29.4 Å². The molecule has 0 fully saturated rings. The van der Waals surface area contributed by atoms with Crippen LogP contribution in [0.25, 0.3) is 16.5 Å². The Hall–Kier alpha value is -3.40. The highest BCUT2D eigenvalue weighted by Gasteiger charge is 2.31. The molecule has 1 unspecified atom stereocenters. The van der Waals surface area contributed by atoms with Gasteiger partial charge in [0.15, 0.2) is 11.6 Å². The van der Waals surface area contributed by atoms with Crippen LogP contribution in [-0.4, -0.2) is 15.6 Å². The Labute approximate surface area is 163 Å². The largest absolute Gasteiger partial charge is 0.338 e. The van der Waals surface area contributed by atoms with Gasteiger partial charge in [-0.05, 0) is 47.4 Å². The summed E-state index contributed by atoms with van der Waals surface area (Å²) in [7, 11) is 0. The second kappa shape index (κ2) is 6.64. The number of benzene rings is 3. The lowest BCUT2D eigenvalue weighted by molar-refractivity contribution is 0.0953. The molecule has 28 heavy (non-hydrogen) atoms. The first kappa shape index (κ1) is 16.8. The normalized spacial score (nSPS) is 16.2. The van der Waals surface area contributed by atoms with Gasteiger partial charge in [-0.25, -0.2) is 4.68 Å².